The molecule has 5 aliphatic carbocycles. The van der Waals surface area contributed by atoms with E-state index in [9.17, 15) is 14.7 Å². The van der Waals surface area contributed by atoms with Gasteiger partial charge in [0.15, 0.2) is 5.76 Å². The van der Waals surface area contributed by atoms with Crippen molar-refractivity contribution in [2.45, 2.75) is 112 Å². The largest absolute Gasteiger partial charge is 0.504 e. The predicted octanol–water partition coefficient (Wildman–Crippen LogP) is 7.28. The van der Waals surface area contributed by atoms with Crippen LogP contribution >= 0.6 is 0 Å². The van der Waals surface area contributed by atoms with Gasteiger partial charge in [-0.1, -0.05) is 52.3 Å². The zero-order valence-electron chi connectivity index (χ0n) is 23.4. The second kappa shape index (κ2) is 7.95. The molecule has 1 amide bonds. The van der Waals surface area contributed by atoms with Gasteiger partial charge in [-0.05, 0) is 105 Å². The van der Waals surface area contributed by atoms with Gasteiger partial charge in [-0.15, -0.1) is 0 Å². The molecule has 6 atom stereocenters. The number of allylic oxidation sites excluding steroid dienone is 7. The molecule has 0 aromatic carbocycles. The van der Waals surface area contributed by atoms with Crippen molar-refractivity contribution in [2.75, 3.05) is 0 Å². The fourth-order valence-corrected chi connectivity index (χ4v) is 9.20. The van der Waals surface area contributed by atoms with Gasteiger partial charge >= 0.3 is 0 Å². The molecule has 0 aromatic heterocycles. The lowest BCUT2D eigenvalue weighted by molar-refractivity contribution is -0.156. The van der Waals surface area contributed by atoms with Crippen LogP contribution in [0.4, 0.5) is 0 Å². The van der Waals surface area contributed by atoms with Crippen LogP contribution in [0.2, 0.25) is 0 Å². The summed E-state index contributed by atoms with van der Waals surface area (Å²) in [5.74, 6) is 0.338. The van der Waals surface area contributed by atoms with Gasteiger partial charge in [0.1, 0.15) is 0 Å². The SMILES string of the molecule is CCCC(=O)N[C@]1(C)CC[C@]2(C)CC[C@]3(C)C4=CC=C5C(=CC(=O)C(O)=C5C)[C@]4(C)CC[C@@]3(C)[C@@H]2C1. The van der Waals surface area contributed by atoms with E-state index in [0.29, 0.717) is 23.3 Å². The first-order valence-corrected chi connectivity index (χ1v) is 14.1. The van der Waals surface area contributed by atoms with Crippen LogP contribution in [0.5, 0.6) is 0 Å². The van der Waals surface area contributed by atoms with Gasteiger partial charge in [0.05, 0.1) is 0 Å². The van der Waals surface area contributed by atoms with E-state index in [1.165, 1.54) is 12.0 Å². The molecule has 0 spiro atoms. The summed E-state index contributed by atoms with van der Waals surface area (Å²) >= 11 is 0. The third kappa shape index (κ3) is 3.31. The van der Waals surface area contributed by atoms with E-state index in [0.717, 1.165) is 56.1 Å². The van der Waals surface area contributed by atoms with Crippen LogP contribution in [0.15, 0.2) is 46.3 Å². The molecule has 0 heterocycles. The number of nitrogens with one attached hydrogen (secondary N) is 1. The molecule has 0 radical (unpaired) electrons. The molecule has 3 fully saturated rings. The highest BCUT2D eigenvalue weighted by Gasteiger charge is 2.66. The Hall–Kier alpha value is -2.10. The summed E-state index contributed by atoms with van der Waals surface area (Å²) in [5, 5.41) is 13.8. The van der Waals surface area contributed by atoms with Crippen molar-refractivity contribution in [1.82, 2.24) is 5.32 Å². The summed E-state index contributed by atoms with van der Waals surface area (Å²) in [5.41, 5.74) is 4.35. The van der Waals surface area contributed by atoms with Crippen LogP contribution in [-0.2, 0) is 9.59 Å². The van der Waals surface area contributed by atoms with Crippen molar-refractivity contribution in [3.63, 3.8) is 0 Å². The van der Waals surface area contributed by atoms with Gasteiger partial charge in [-0.2, -0.15) is 0 Å². The van der Waals surface area contributed by atoms with E-state index in [2.05, 4.69) is 59.0 Å². The number of aliphatic hydroxyl groups excluding tert-OH is 1. The summed E-state index contributed by atoms with van der Waals surface area (Å²) in [6.07, 6.45) is 15.4. The topological polar surface area (TPSA) is 66.4 Å². The number of hydrogen-bond donors (Lipinski definition) is 2. The standard InChI is InChI=1S/C32H45NO3/c1-8-9-26(35)33-29(4)14-12-28(3)13-16-31(6)24-11-10-21-20(2)27(36)23(34)18-22(21)30(24,5)15-17-32(31,7)25(28)19-29/h10-11,18,25,36H,8-9,12-17,19H2,1-7H3,(H,33,35)/t25-,28-,29-,30+,31-,32+/m1/s1. The maximum Gasteiger partial charge on any atom is 0.220 e. The molecule has 36 heavy (non-hydrogen) atoms. The summed E-state index contributed by atoms with van der Waals surface area (Å²) < 4.78 is 0. The van der Waals surface area contributed by atoms with Gasteiger partial charge in [0.2, 0.25) is 11.7 Å². The zero-order valence-corrected chi connectivity index (χ0v) is 23.4. The maximum absolute atomic E-state index is 12.7. The number of carbonyl (C=O) groups excluding carboxylic acids is 2. The zero-order chi connectivity index (χ0) is 26.3. The molecule has 0 saturated heterocycles. The molecule has 0 unspecified atom stereocenters. The van der Waals surface area contributed by atoms with Crippen LogP contribution in [-0.4, -0.2) is 22.3 Å². The molecule has 0 bridgehead atoms. The Bertz CT molecular complexity index is 1160. The summed E-state index contributed by atoms with van der Waals surface area (Å²) in [6.45, 7) is 16.1. The lowest BCUT2D eigenvalue weighted by atomic mass is 9.35. The van der Waals surface area contributed by atoms with Crippen LogP contribution < -0.4 is 5.32 Å². The fraction of sp³-hybridized carbons (Fsp3) is 0.688. The number of carbonyl (C=O) groups is 2. The van der Waals surface area contributed by atoms with E-state index in [1.54, 1.807) is 6.08 Å². The molecule has 5 aliphatic rings. The highest BCUT2D eigenvalue weighted by molar-refractivity contribution is 6.06. The lowest BCUT2D eigenvalue weighted by Gasteiger charge is -2.70. The number of aliphatic hydroxyl groups is 1. The van der Waals surface area contributed by atoms with Crippen molar-refractivity contribution in [3.05, 3.63) is 46.3 Å². The maximum atomic E-state index is 12.7. The number of fused-ring (bicyclic) bond motifs is 7. The van der Waals surface area contributed by atoms with Gasteiger partial charge in [-0.25, -0.2) is 0 Å². The number of amides is 1. The normalized spacial score (nSPS) is 43.8. The highest BCUT2D eigenvalue weighted by Crippen LogP contribution is 2.75. The van der Waals surface area contributed by atoms with Crippen LogP contribution in [0, 0.1) is 27.6 Å². The molecule has 3 saturated carbocycles. The first-order valence-electron chi connectivity index (χ1n) is 14.1. The van der Waals surface area contributed by atoms with Gasteiger partial charge < -0.3 is 10.4 Å². The molecule has 4 heteroatoms. The molecule has 0 aliphatic heterocycles. The summed E-state index contributed by atoms with van der Waals surface area (Å²) in [7, 11) is 0. The molecular weight excluding hydrogens is 446 g/mol. The van der Waals surface area contributed by atoms with E-state index in [4.69, 9.17) is 0 Å². The minimum Gasteiger partial charge on any atom is -0.504 e. The minimum atomic E-state index is -0.261. The van der Waals surface area contributed by atoms with E-state index in [1.807, 2.05) is 6.92 Å². The Morgan fingerprint density at radius 2 is 1.72 bits per heavy atom. The average Bonchev–Trinajstić information content (AvgIpc) is 2.81. The van der Waals surface area contributed by atoms with Crippen molar-refractivity contribution in [1.29, 1.82) is 0 Å². The third-order valence-corrected chi connectivity index (χ3v) is 11.8. The van der Waals surface area contributed by atoms with Crippen molar-refractivity contribution in [2.24, 2.45) is 27.6 Å². The smallest absolute Gasteiger partial charge is 0.220 e. The molecular formula is C32H45NO3. The van der Waals surface area contributed by atoms with Crippen LogP contribution in [0.1, 0.15) is 106 Å². The Labute approximate surface area is 217 Å². The highest BCUT2D eigenvalue weighted by atomic mass is 16.3. The molecule has 196 valence electrons. The second-order valence-corrected chi connectivity index (χ2v) is 13.9. The Kier molecular flexibility index (Phi) is 5.64. The second-order valence-electron chi connectivity index (χ2n) is 13.9. The van der Waals surface area contributed by atoms with Gasteiger partial charge in [0, 0.05) is 22.9 Å². The number of hydrogen-bond acceptors (Lipinski definition) is 3. The van der Waals surface area contributed by atoms with Crippen molar-refractivity contribution >= 4 is 11.7 Å². The lowest BCUT2D eigenvalue weighted by Crippen LogP contribution is -2.64. The average molecular weight is 492 g/mol. The summed E-state index contributed by atoms with van der Waals surface area (Å²) in [6, 6.07) is 0. The van der Waals surface area contributed by atoms with E-state index >= 15 is 0 Å². The van der Waals surface area contributed by atoms with E-state index < -0.39 is 0 Å². The first kappa shape index (κ1) is 25.5. The van der Waals surface area contributed by atoms with Gasteiger partial charge in [-0.3, -0.25) is 9.59 Å². The monoisotopic (exact) mass is 491 g/mol. The van der Waals surface area contributed by atoms with Crippen LogP contribution in [0.25, 0.3) is 0 Å². The van der Waals surface area contributed by atoms with Crippen molar-refractivity contribution in [3.8, 4) is 0 Å². The molecule has 0 aromatic rings. The number of ketones is 1. The molecule has 2 N–H and O–H groups in total. The van der Waals surface area contributed by atoms with Gasteiger partial charge in [0.25, 0.3) is 0 Å². The fourth-order valence-electron chi connectivity index (χ4n) is 9.20. The third-order valence-electron chi connectivity index (χ3n) is 11.8. The Morgan fingerprint density at radius 1 is 1.03 bits per heavy atom. The quantitative estimate of drug-likeness (QED) is 0.436. The molecule has 4 nitrogen and oxygen atoms in total. The van der Waals surface area contributed by atoms with Crippen molar-refractivity contribution < 1.29 is 14.7 Å². The predicted molar refractivity (Wildman–Crippen MR) is 144 cm³/mol. The minimum absolute atomic E-state index is 0.0128. The van der Waals surface area contributed by atoms with E-state index in [-0.39, 0.29) is 39.2 Å². The Morgan fingerprint density at radius 3 is 2.42 bits per heavy atom. The number of rotatable bonds is 3. The Balaban J connectivity index is 1.56. The molecule has 5 rings (SSSR count). The first-order chi connectivity index (χ1) is 16.7. The summed E-state index contributed by atoms with van der Waals surface area (Å²) in [4.78, 5) is 25.3. The van der Waals surface area contributed by atoms with Crippen LogP contribution in [0.3, 0.4) is 0 Å².